The predicted molar refractivity (Wildman–Crippen MR) is 79.4 cm³/mol. The number of nitrogens with one attached hydrogen (secondary N) is 1. The van der Waals surface area contributed by atoms with E-state index in [2.05, 4.69) is 20.7 Å². The van der Waals surface area contributed by atoms with Crippen molar-refractivity contribution in [3.63, 3.8) is 0 Å². The number of hydrogen-bond donors (Lipinski definition) is 2. The van der Waals surface area contributed by atoms with Gasteiger partial charge in [0.1, 0.15) is 0 Å². The van der Waals surface area contributed by atoms with Gasteiger partial charge < -0.3 is 5.11 Å². The monoisotopic (exact) mass is 349 g/mol. The summed E-state index contributed by atoms with van der Waals surface area (Å²) in [7, 11) is -3.57. The zero-order valence-electron chi connectivity index (χ0n) is 11.4. The Morgan fingerprint density at radius 3 is 2.53 bits per heavy atom. The fraction of sp³-hybridized carbons (Fsp3) is 0.538. The Bertz CT molecular complexity index is 523. The standard InChI is InChI=1S/C13H20BrNO3S/c1-13(2,3)8-11(16)9-15-19(17,18)12-6-4-5-10(14)7-12/h4-7,11,15-16H,8-9H2,1-3H3. The average Bonchev–Trinajstić information content (AvgIpc) is 2.24. The molecule has 1 aromatic carbocycles. The molecule has 0 bridgehead atoms. The van der Waals surface area contributed by atoms with E-state index >= 15 is 0 Å². The summed E-state index contributed by atoms with van der Waals surface area (Å²) in [5.74, 6) is 0. The summed E-state index contributed by atoms with van der Waals surface area (Å²) in [6, 6.07) is 6.46. The van der Waals surface area contributed by atoms with Crippen LogP contribution in [0, 0.1) is 5.41 Å². The van der Waals surface area contributed by atoms with Crippen LogP contribution in [0.4, 0.5) is 0 Å². The number of rotatable bonds is 5. The van der Waals surface area contributed by atoms with Crippen molar-refractivity contribution in [3.05, 3.63) is 28.7 Å². The molecular weight excluding hydrogens is 330 g/mol. The maximum Gasteiger partial charge on any atom is 0.240 e. The van der Waals surface area contributed by atoms with E-state index in [0.717, 1.165) is 0 Å². The van der Waals surface area contributed by atoms with Crippen LogP contribution in [0.2, 0.25) is 0 Å². The molecule has 108 valence electrons. The van der Waals surface area contributed by atoms with Crippen molar-refractivity contribution in [2.45, 2.75) is 38.2 Å². The molecule has 0 saturated carbocycles. The van der Waals surface area contributed by atoms with E-state index in [1.807, 2.05) is 20.8 Å². The van der Waals surface area contributed by atoms with Crippen molar-refractivity contribution in [3.8, 4) is 0 Å². The van der Waals surface area contributed by atoms with Crippen molar-refractivity contribution in [2.75, 3.05) is 6.54 Å². The molecule has 1 rings (SSSR count). The first-order chi connectivity index (χ1) is 8.60. The van der Waals surface area contributed by atoms with E-state index in [4.69, 9.17) is 0 Å². The normalized spacial score (nSPS) is 14.4. The summed E-state index contributed by atoms with van der Waals surface area (Å²) in [6.07, 6.45) is -0.157. The average molecular weight is 350 g/mol. The molecule has 0 aliphatic rings. The van der Waals surface area contributed by atoms with Gasteiger partial charge in [-0.15, -0.1) is 0 Å². The summed E-state index contributed by atoms with van der Waals surface area (Å²) in [5, 5.41) is 9.81. The van der Waals surface area contributed by atoms with Gasteiger partial charge in [0, 0.05) is 11.0 Å². The highest BCUT2D eigenvalue weighted by Gasteiger charge is 2.20. The highest BCUT2D eigenvalue weighted by atomic mass is 79.9. The van der Waals surface area contributed by atoms with Crippen LogP contribution in [0.3, 0.4) is 0 Å². The molecule has 0 fully saturated rings. The van der Waals surface area contributed by atoms with Gasteiger partial charge >= 0.3 is 0 Å². The predicted octanol–water partition coefficient (Wildman–Crippen LogP) is 2.52. The van der Waals surface area contributed by atoms with Crippen LogP contribution in [-0.4, -0.2) is 26.2 Å². The number of halogens is 1. The van der Waals surface area contributed by atoms with Crippen LogP contribution in [0.5, 0.6) is 0 Å². The first kappa shape index (κ1) is 16.6. The third kappa shape index (κ3) is 6.03. The van der Waals surface area contributed by atoms with E-state index in [1.54, 1.807) is 12.1 Å². The van der Waals surface area contributed by atoms with Crippen LogP contribution in [0.15, 0.2) is 33.6 Å². The van der Waals surface area contributed by atoms with Crippen LogP contribution < -0.4 is 4.72 Å². The first-order valence-electron chi connectivity index (χ1n) is 6.03. The molecule has 1 aromatic rings. The van der Waals surface area contributed by atoms with E-state index in [9.17, 15) is 13.5 Å². The zero-order valence-corrected chi connectivity index (χ0v) is 13.8. The molecular formula is C13H20BrNO3S. The van der Waals surface area contributed by atoms with Crippen molar-refractivity contribution in [1.82, 2.24) is 4.72 Å². The Morgan fingerprint density at radius 1 is 1.37 bits per heavy atom. The zero-order chi connectivity index (χ0) is 14.7. The van der Waals surface area contributed by atoms with Gasteiger partial charge in [0.25, 0.3) is 0 Å². The minimum absolute atomic E-state index is 0.0200. The minimum Gasteiger partial charge on any atom is -0.392 e. The molecule has 0 aliphatic heterocycles. The van der Waals surface area contributed by atoms with Crippen LogP contribution in [-0.2, 0) is 10.0 Å². The second-order valence-electron chi connectivity index (χ2n) is 5.73. The summed E-state index contributed by atoms with van der Waals surface area (Å²) in [4.78, 5) is 0.185. The fourth-order valence-corrected chi connectivity index (χ4v) is 3.37. The third-order valence-electron chi connectivity index (χ3n) is 2.46. The molecule has 4 nitrogen and oxygen atoms in total. The highest BCUT2D eigenvalue weighted by molar-refractivity contribution is 9.10. The van der Waals surface area contributed by atoms with E-state index < -0.39 is 16.1 Å². The minimum atomic E-state index is -3.57. The van der Waals surface area contributed by atoms with Gasteiger partial charge in [0.2, 0.25) is 10.0 Å². The van der Waals surface area contributed by atoms with Gasteiger partial charge in [-0.05, 0) is 30.0 Å². The lowest BCUT2D eigenvalue weighted by Crippen LogP contribution is -2.34. The molecule has 0 saturated heterocycles. The van der Waals surface area contributed by atoms with E-state index in [-0.39, 0.29) is 16.9 Å². The topological polar surface area (TPSA) is 66.4 Å². The lowest BCUT2D eigenvalue weighted by atomic mass is 9.89. The Balaban J connectivity index is 2.66. The molecule has 0 amide bonds. The van der Waals surface area contributed by atoms with Crippen LogP contribution in [0.1, 0.15) is 27.2 Å². The smallest absolute Gasteiger partial charge is 0.240 e. The third-order valence-corrected chi connectivity index (χ3v) is 4.38. The maximum absolute atomic E-state index is 12.0. The summed E-state index contributed by atoms with van der Waals surface area (Å²) < 4.78 is 27.1. The van der Waals surface area contributed by atoms with Crippen molar-refractivity contribution in [2.24, 2.45) is 5.41 Å². The Kier molecular flexibility index (Phi) is 5.55. The van der Waals surface area contributed by atoms with Gasteiger partial charge in [-0.25, -0.2) is 13.1 Å². The second kappa shape index (κ2) is 6.35. The lowest BCUT2D eigenvalue weighted by molar-refractivity contribution is 0.125. The molecule has 1 unspecified atom stereocenters. The molecule has 19 heavy (non-hydrogen) atoms. The quantitative estimate of drug-likeness (QED) is 0.858. The van der Waals surface area contributed by atoms with Crippen LogP contribution in [0.25, 0.3) is 0 Å². The largest absolute Gasteiger partial charge is 0.392 e. The van der Waals surface area contributed by atoms with E-state index in [0.29, 0.717) is 10.9 Å². The van der Waals surface area contributed by atoms with Gasteiger partial charge in [-0.1, -0.05) is 42.8 Å². The highest BCUT2D eigenvalue weighted by Crippen LogP contribution is 2.21. The number of aliphatic hydroxyl groups is 1. The molecule has 0 aromatic heterocycles. The van der Waals surface area contributed by atoms with Crippen LogP contribution >= 0.6 is 15.9 Å². The van der Waals surface area contributed by atoms with Crippen molar-refractivity contribution in [1.29, 1.82) is 0 Å². The maximum atomic E-state index is 12.0. The molecule has 0 aliphatic carbocycles. The van der Waals surface area contributed by atoms with E-state index in [1.165, 1.54) is 12.1 Å². The van der Waals surface area contributed by atoms with Gasteiger partial charge in [0.15, 0.2) is 0 Å². The molecule has 0 radical (unpaired) electrons. The number of hydrogen-bond acceptors (Lipinski definition) is 3. The molecule has 0 spiro atoms. The molecule has 2 N–H and O–H groups in total. The summed E-state index contributed by atoms with van der Waals surface area (Å²) >= 11 is 3.23. The summed E-state index contributed by atoms with van der Waals surface area (Å²) in [5.41, 5.74) is -0.0410. The number of benzene rings is 1. The van der Waals surface area contributed by atoms with Gasteiger partial charge in [0.05, 0.1) is 11.0 Å². The SMILES string of the molecule is CC(C)(C)CC(O)CNS(=O)(=O)c1cccc(Br)c1. The van der Waals surface area contributed by atoms with Gasteiger partial charge in [-0.2, -0.15) is 0 Å². The summed E-state index contributed by atoms with van der Waals surface area (Å²) in [6.45, 7) is 6.02. The van der Waals surface area contributed by atoms with Crippen molar-refractivity contribution < 1.29 is 13.5 Å². The first-order valence-corrected chi connectivity index (χ1v) is 8.31. The second-order valence-corrected chi connectivity index (χ2v) is 8.41. The Labute approximate surface area is 123 Å². The Morgan fingerprint density at radius 2 is 2.00 bits per heavy atom. The van der Waals surface area contributed by atoms with Crippen molar-refractivity contribution >= 4 is 26.0 Å². The fourth-order valence-electron chi connectivity index (χ4n) is 1.70. The van der Waals surface area contributed by atoms with Gasteiger partial charge in [-0.3, -0.25) is 0 Å². The number of aliphatic hydroxyl groups excluding tert-OH is 1. The Hall–Kier alpha value is -0.430. The molecule has 0 heterocycles. The lowest BCUT2D eigenvalue weighted by Gasteiger charge is -2.22. The molecule has 6 heteroatoms. The number of sulfonamides is 1. The molecule has 1 atom stereocenters.